The van der Waals surface area contributed by atoms with E-state index in [1.807, 2.05) is 0 Å². The summed E-state index contributed by atoms with van der Waals surface area (Å²) >= 11 is 0. The van der Waals surface area contributed by atoms with Gasteiger partial charge in [0.05, 0.1) is 35.4 Å². The van der Waals surface area contributed by atoms with Crippen LogP contribution < -0.4 is 9.64 Å². The van der Waals surface area contributed by atoms with Crippen LogP contribution in [0.4, 0.5) is 32.0 Å². The third-order valence-electron chi connectivity index (χ3n) is 7.63. The quantitative estimate of drug-likeness (QED) is 0.263. The predicted octanol–water partition coefficient (Wildman–Crippen LogP) is 5.85. The van der Waals surface area contributed by atoms with Crippen LogP contribution in [-0.4, -0.2) is 56.0 Å². The molecule has 0 radical (unpaired) electrons. The second-order valence-electron chi connectivity index (χ2n) is 10.6. The van der Waals surface area contributed by atoms with Crippen molar-refractivity contribution >= 4 is 11.6 Å². The predicted molar refractivity (Wildman–Crippen MR) is 138 cm³/mol. The summed E-state index contributed by atoms with van der Waals surface area (Å²) in [6.07, 6.45) is -3.47. The Morgan fingerprint density at radius 3 is 2.52 bits per heavy atom. The second kappa shape index (κ2) is 9.88. The number of fused-ring (bicyclic) bond motifs is 1. The van der Waals surface area contributed by atoms with Gasteiger partial charge in [-0.25, -0.2) is 9.67 Å². The Labute approximate surface area is 235 Å². The first kappa shape index (κ1) is 27.8. The van der Waals surface area contributed by atoms with E-state index in [0.29, 0.717) is 41.0 Å². The van der Waals surface area contributed by atoms with Crippen LogP contribution in [0.25, 0.3) is 16.9 Å². The molecule has 1 spiro atoms. The van der Waals surface area contributed by atoms with Gasteiger partial charge < -0.3 is 14.2 Å². The highest BCUT2D eigenvalue weighted by molar-refractivity contribution is 6.01. The number of rotatable bonds is 6. The van der Waals surface area contributed by atoms with Gasteiger partial charge in [0.2, 0.25) is 5.91 Å². The Hall–Kier alpha value is -4.36. The highest BCUT2D eigenvalue weighted by Crippen LogP contribution is 2.61. The van der Waals surface area contributed by atoms with Crippen molar-refractivity contribution in [2.24, 2.45) is 5.41 Å². The smallest absolute Gasteiger partial charge is 0.422 e. The van der Waals surface area contributed by atoms with E-state index in [0.717, 1.165) is 4.90 Å². The van der Waals surface area contributed by atoms with Gasteiger partial charge in [-0.05, 0) is 49.9 Å². The molecule has 1 aliphatic carbocycles. The zero-order valence-corrected chi connectivity index (χ0v) is 22.2. The highest BCUT2D eigenvalue weighted by atomic mass is 19.4. The van der Waals surface area contributed by atoms with Crippen molar-refractivity contribution in [3.63, 3.8) is 0 Å². The molecule has 1 fully saturated rings. The number of hydrogen-bond acceptors (Lipinski definition) is 5. The van der Waals surface area contributed by atoms with E-state index in [1.165, 1.54) is 27.7 Å². The van der Waals surface area contributed by atoms with E-state index in [2.05, 4.69) is 15.3 Å². The third kappa shape index (κ3) is 5.32. The van der Waals surface area contributed by atoms with Gasteiger partial charge in [-0.2, -0.15) is 26.3 Å². The fourth-order valence-corrected chi connectivity index (χ4v) is 5.57. The lowest BCUT2D eigenvalue weighted by atomic mass is 9.96. The van der Waals surface area contributed by atoms with Gasteiger partial charge in [-0.1, -0.05) is 29.5 Å². The van der Waals surface area contributed by atoms with E-state index in [4.69, 9.17) is 4.74 Å². The van der Waals surface area contributed by atoms with Crippen LogP contribution in [0.1, 0.15) is 30.1 Å². The van der Waals surface area contributed by atoms with Crippen molar-refractivity contribution in [3.8, 4) is 22.7 Å². The van der Waals surface area contributed by atoms with Gasteiger partial charge in [0.15, 0.2) is 6.61 Å². The van der Waals surface area contributed by atoms with Gasteiger partial charge in [-0.3, -0.25) is 4.79 Å². The molecule has 0 N–H and O–H groups in total. The number of carbonyl (C=O) groups is 1. The van der Waals surface area contributed by atoms with E-state index >= 15 is 0 Å². The molecule has 2 atom stereocenters. The number of amides is 1. The van der Waals surface area contributed by atoms with Gasteiger partial charge in [0, 0.05) is 17.4 Å². The SMILES string of the molecule is Cc1cn(-c2ccc(-c3cn(C4CC45CCc4ccccc4N(CC(F)(F)F)C5=O)nn3)cc2OCC(F)(F)F)cn1. The number of anilines is 1. The summed E-state index contributed by atoms with van der Waals surface area (Å²) < 4.78 is 87.6. The number of ether oxygens (including phenoxy) is 1. The molecular weight excluding hydrogens is 566 g/mol. The summed E-state index contributed by atoms with van der Waals surface area (Å²) in [6, 6.07) is 10.7. The molecular formula is C28H24F6N6O2. The molecule has 1 amide bonds. The molecule has 14 heteroatoms. The van der Waals surface area contributed by atoms with Crippen molar-refractivity contribution in [2.45, 2.75) is 44.6 Å². The molecule has 0 saturated heterocycles. The molecule has 2 aliphatic rings. The molecule has 2 aromatic carbocycles. The number of para-hydroxylation sites is 1. The number of aryl methyl sites for hydroxylation is 2. The van der Waals surface area contributed by atoms with Gasteiger partial charge >= 0.3 is 12.4 Å². The second-order valence-corrected chi connectivity index (χ2v) is 10.6. The normalized spacial score (nSPS) is 20.5. The molecule has 6 rings (SSSR count). The van der Waals surface area contributed by atoms with E-state index in [1.54, 1.807) is 49.6 Å². The van der Waals surface area contributed by atoms with Crippen LogP contribution in [0, 0.1) is 12.3 Å². The summed E-state index contributed by atoms with van der Waals surface area (Å²) in [5, 5.41) is 8.31. The lowest BCUT2D eigenvalue weighted by Gasteiger charge is -2.27. The molecule has 220 valence electrons. The number of nitrogens with zero attached hydrogens (tertiary/aromatic N) is 6. The lowest BCUT2D eigenvalue weighted by Crippen LogP contribution is -2.43. The summed E-state index contributed by atoms with van der Waals surface area (Å²) in [4.78, 5) is 18.6. The maximum Gasteiger partial charge on any atom is 0.422 e. The molecule has 1 saturated carbocycles. The molecule has 0 bridgehead atoms. The number of aromatic nitrogens is 5. The lowest BCUT2D eigenvalue weighted by molar-refractivity contribution is -0.153. The van der Waals surface area contributed by atoms with Crippen molar-refractivity contribution in [3.05, 3.63) is 72.4 Å². The number of hydrogen-bond donors (Lipinski definition) is 0. The van der Waals surface area contributed by atoms with Gasteiger partial charge in [-0.15, -0.1) is 5.10 Å². The monoisotopic (exact) mass is 590 g/mol. The zero-order valence-electron chi connectivity index (χ0n) is 22.2. The van der Waals surface area contributed by atoms with E-state index in [-0.39, 0.29) is 17.9 Å². The Bertz CT molecular complexity index is 1640. The molecule has 42 heavy (non-hydrogen) atoms. The van der Waals surface area contributed by atoms with Crippen LogP contribution in [0.15, 0.2) is 61.2 Å². The van der Waals surface area contributed by atoms with Crippen LogP contribution >= 0.6 is 0 Å². The third-order valence-corrected chi connectivity index (χ3v) is 7.63. The Morgan fingerprint density at radius 2 is 1.81 bits per heavy atom. The molecule has 1 aliphatic heterocycles. The summed E-state index contributed by atoms with van der Waals surface area (Å²) in [6.45, 7) is -1.17. The fraction of sp³-hybridized carbons (Fsp3) is 0.357. The Morgan fingerprint density at radius 1 is 1.02 bits per heavy atom. The topological polar surface area (TPSA) is 78.1 Å². The standard InChI is InChI=1S/C28H24F6N6O2/c1-17-12-38(16-35-17)22-7-6-19(10-23(22)42-15-28(32,33)34)20-13-40(37-36-20)24-11-26(24)9-8-18-4-2-3-5-21(18)39(25(26)41)14-27(29,30)31/h2-7,10,12-13,16,24H,8-9,11,14-15H2,1H3. The Balaban J connectivity index is 1.29. The number of carbonyl (C=O) groups excluding carboxylic acids is 1. The Kier molecular flexibility index (Phi) is 6.54. The molecule has 4 aromatic rings. The number of benzene rings is 2. The van der Waals surface area contributed by atoms with Crippen LogP contribution in [0.2, 0.25) is 0 Å². The summed E-state index contributed by atoms with van der Waals surface area (Å²) in [5.41, 5.74) is 1.54. The fourth-order valence-electron chi connectivity index (χ4n) is 5.57. The van der Waals surface area contributed by atoms with Crippen LogP contribution in [0.3, 0.4) is 0 Å². The van der Waals surface area contributed by atoms with Gasteiger partial charge in [0.25, 0.3) is 0 Å². The minimum Gasteiger partial charge on any atom is -0.482 e. The maximum absolute atomic E-state index is 13.7. The number of halogens is 6. The van der Waals surface area contributed by atoms with Crippen LogP contribution in [-0.2, 0) is 11.2 Å². The van der Waals surface area contributed by atoms with Crippen molar-refractivity contribution in [2.75, 3.05) is 18.1 Å². The van der Waals surface area contributed by atoms with Crippen molar-refractivity contribution in [1.82, 2.24) is 24.5 Å². The number of imidazole rings is 1. The zero-order chi connectivity index (χ0) is 29.9. The average Bonchev–Trinajstić information content (AvgIpc) is 3.24. The maximum atomic E-state index is 13.7. The first-order valence-electron chi connectivity index (χ1n) is 13.1. The molecule has 3 heterocycles. The first-order chi connectivity index (χ1) is 19.8. The van der Waals surface area contributed by atoms with Crippen molar-refractivity contribution < 1.29 is 35.9 Å². The van der Waals surface area contributed by atoms with Crippen molar-refractivity contribution in [1.29, 1.82) is 0 Å². The minimum atomic E-state index is -4.59. The van der Waals surface area contributed by atoms with Gasteiger partial charge in [0.1, 0.15) is 18.0 Å². The largest absolute Gasteiger partial charge is 0.482 e. The molecule has 8 nitrogen and oxygen atoms in total. The summed E-state index contributed by atoms with van der Waals surface area (Å²) in [5.74, 6) is -0.672. The minimum absolute atomic E-state index is 0.0563. The molecule has 2 unspecified atom stereocenters. The average molecular weight is 591 g/mol. The first-order valence-corrected chi connectivity index (χ1v) is 13.1. The summed E-state index contributed by atoms with van der Waals surface area (Å²) in [7, 11) is 0. The van der Waals surface area contributed by atoms with E-state index in [9.17, 15) is 31.1 Å². The molecule has 2 aromatic heterocycles. The van der Waals surface area contributed by atoms with Crippen LogP contribution in [0.5, 0.6) is 5.75 Å². The number of alkyl halides is 6. The van der Waals surface area contributed by atoms with E-state index < -0.39 is 42.9 Å². The highest BCUT2D eigenvalue weighted by Gasteiger charge is 2.64.